The van der Waals surface area contributed by atoms with E-state index in [-0.39, 0.29) is 28.7 Å². The summed E-state index contributed by atoms with van der Waals surface area (Å²) in [6, 6.07) is 5.55. The fraction of sp³-hybridized carbons (Fsp3) is 0.435. The first-order valence-corrected chi connectivity index (χ1v) is 11.2. The largest absolute Gasteiger partial charge is 0.505 e. The highest BCUT2D eigenvalue weighted by molar-refractivity contribution is 6.99. The summed E-state index contributed by atoms with van der Waals surface area (Å²) in [6.07, 6.45) is 2.51. The molecule has 32 heavy (non-hydrogen) atoms. The van der Waals surface area contributed by atoms with E-state index in [1.165, 1.54) is 4.90 Å². The fourth-order valence-corrected chi connectivity index (χ4v) is 3.90. The smallest absolute Gasteiger partial charge is 0.257 e. The summed E-state index contributed by atoms with van der Waals surface area (Å²) >= 11 is 1.05. The van der Waals surface area contributed by atoms with Crippen LogP contribution in [-0.4, -0.2) is 38.8 Å². The zero-order valence-corrected chi connectivity index (χ0v) is 20.4. The number of phenolic OH excluding ortho intramolecular Hbond substituents is 1. The summed E-state index contributed by atoms with van der Waals surface area (Å²) in [5.41, 5.74) is 2.18. The van der Waals surface area contributed by atoms with Crippen LogP contribution in [0, 0.1) is 6.92 Å². The first-order chi connectivity index (χ1) is 15.0. The Bertz CT molecular complexity index is 1100. The van der Waals surface area contributed by atoms with Gasteiger partial charge in [-0.15, -0.1) is 0 Å². The molecule has 3 rings (SSSR count). The summed E-state index contributed by atoms with van der Waals surface area (Å²) in [4.78, 5) is 14.3. The molecular weight excluding hydrogens is 426 g/mol. The molecule has 0 saturated heterocycles. The van der Waals surface area contributed by atoms with Crippen molar-refractivity contribution in [3.8, 4) is 5.75 Å². The number of carbonyl (C=O) groups is 1. The van der Waals surface area contributed by atoms with Gasteiger partial charge < -0.3 is 25.1 Å². The van der Waals surface area contributed by atoms with Crippen molar-refractivity contribution in [1.82, 2.24) is 13.6 Å². The molecular formula is C23H31N5O3S. The lowest BCUT2D eigenvalue weighted by Crippen LogP contribution is -2.26. The van der Waals surface area contributed by atoms with E-state index in [0.29, 0.717) is 17.3 Å². The molecule has 0 aliphatic rings. The molecule has 0 unspecified atom stereocenters. The number of hydrogen-bond donors (Lipinski definition) is 3. The van der Waals surface area contributed by atoms with Gasteiger partial charge in [0.25, 0.3) is 5.91 Å². The van der Waals surface area contributed by atoms with Crippen LogP contribution in [0.3, 0.4) is 0 Å². The Morgan fingerprint density at radius 3 is 2.50 bits per heavy atom. The number of aryl methyl sites for hydroxylation is 1. The number of nitrogens with one attached hydrogen (secondary N) is 2. The Morgan fingerprint density at radius 2 is 1.94 bits per heavy atom. The van der Waals surface area contributed by atoms with Crippen molar-refractivity contribution in [3.63, 3.8) is 0 Å². The van der Waals surface area contributed by atoms with Gasteiger partial charge in [0.05, 0.1) is 35.3 Å². The zero-order chi connectivity index (χ0) is 23.6. The third-order valence-corrected chi connectivity index (χ3v) is 5.69. The van der Waals surface area contributed by atoms with Crippen LogP contribution in [0.5, 0.6) is 5.75 Å². The van der Waals surface area contributed by atoms with Crippen molar-refractivity contribution in [2.24, 2.45) is 0 Å². The van der Waals surface area contributed by atoms with Crippen molar-refractivity contribution in [2.75, 3.05) is 24.7 Å². The predicted octanol–water partition coefficient (Wildman–Crippen LogP) is 5.45. The molecule has 1 amide bonds. The van der Waals surface area contributed by atoms with Crippen molar-refractivity contribution < 1.29 is 14.3 Å². The van der Waals surface area contributed by atoms with Gasteiger partial charge in [-0.05, 0) is 42.0 Å². The van der Waals surface area contributed by atoms with E-state index in [1.54, 1.807) is 26.4 Å². The average molecular weight is 458 g/mol. The number of anilines is 3. The molecule has 3 aromatic rings. The van der Waals surface area contributed by atoms with Crippen molar-refractivity contribution in [2.45, 2.75) is 52.5 Å². The molecule has 0 spiro atoms. The lowest BCUT2D eigenvalue weighted by Gasteiger charge is -2.25. The van der Waals surface area contributed by atoms with Crippen LogP contribution in [0.4, 0.5) is 17.3 Å². The molecule has 1 aromatic carbocycles. The number of hydrogen-bond acceptors (Lipinski definition) is 8. The third kappa shape index (κ3) is 4.88. The van der Waals surface area contributed by atoms with E-state index in [0.717, 1.165) is 35.0 Å². The Labute approximate surface area is 193 Å². The molecule has 0 saturated carbocycles. The van der Waals surface area contributed by atoms with E-state index in [2.05, 4.69) is 26.3 Å². The SMILES string of the molecule is CC[C@@H](Nc1nsnc1Nc1ccc(C(C)(C)C)c(C(=O)N(C)C)c1O)c1cc(C)co1. The van der Waals surface area contributed by atoms with E-state index >= 15 is 0 Å². The molecule has 9 heteroatoms. The van der Waals surface area contributed by atoms with Crippen molar-refractivity contribution in [3.05, 3.63) is 46.9 Å². The standard InChI is InChI=1S/C23H31N5O3S/c1-8-15(17-11-13(2)12-31-17)24-20-21(27-32-26-20)25-16-10-9-14(23(3,4)5)18(19(16)29)22(30)28(6)7/h9-12,15,29H,8H2,1-7H3,(H,24,26)(H,25,27)/t15-/m1/s1. The van der Waals surface area contributed by atoms with E-state index in [1.807, 2.05) is 39.8 Å². The molecule has 0 aliphatic carbocycles. The van der Waals surface area contributed by atoms with E-state index < -0.39 is 0 Å². The molecule has 0 fully saturated rings. The van der Waals surface area contributed by atoms with Gasteiger partial charge >= 0.3 is 0 Å². The highest BCUT2D eigenvalue weighted by Crippen LogP contribution is 2.39. The fourth-order valence-electron chi connectivity index (χ4n) is 3.43. The maximum atomic E-state index is 12.9. The minimum absolute atomic E-state index is 0.0732. The van der Waals surface area contributed by atoms with Crippen LogP contribution in [0.2, 0.25) is 0 Å². The lowest BCUT2D eigenvalue weighted by atomic mass is 9.82. The van der Waals surface area contributed by atoms with Crippen LogP contribution >= 0.6 is 11.7 Å². The average Bonchev–Trinajstić information content (AvgIpc) is 3.34. The number of amides is 1. The Morgan fingerprint density at radius 1 is 1.25 bits per heavy atom. The zero-order valence-electron chi connectivity index (χ0n) is 19.6. The molecule has 8 nitrogen and oxygen atoms in total. The number of benzene rings is 1. The van der Waals surface area contributed by atoms with Crippen LogP contribution < -0.4 is 10.6 Å². The monoisotopic (exact) mass is 457 g/mol. The topological polar surface area (TPSA) is 104 Å². The Hall–Kier alpha value is -3.07. The molecule has 2 heterocycles. The number of aromatic nitrogens is 2. The van der Waals surface area contributed by atoms with Gasteiger partial charge in [-0.25, -0.2) is 0 Å². The molecule has 3 N–H and O–H groups in total. The van der Waals surface area contributed by atoms with E-state index in [4.69, 9.17) is 4.42 Å². The van der Waals surface area contributed by atoms with Crippen LogP contribution in [-0.2, 0) is 5.41 Å². The highest BCUT2D eigenvalue weighted by atomic mass is 32.1. The van der Waals surface area contributed by atoms with Gasteiger partial charge in [0, 0.05) is 14.1 Å². The molecule has 1 atom stereocenters. The second kappa shape index (κ2) is 9.20. The minimum atomic E-state index is -0.318. The summed E-state index contributed by atoms with van der Waals surface area (Å²) in [5, 5.41) is 17.6. The highest BCUT2D eigenvalue weighted by Gasteiger charge is 2.28. The number of aromatic hydroxyl groups is 1. The van der Waals surface area contributed by atoms with Crippen LogP contribution in [0.1, 0.15) is 67.4 Å². The molecule has 172 valence electrons. The van der Waals surface area contributed by atoms with Crippen molar-refractivity contribution in [1.29, 1.82) is 0 Å². The lowest BCUT2D eigenvalue weighted by molar-refractivity contribution is 0.0822. The van der Waals surface area contributed by atoms with Gasteiger partial charge in [-0.1, -0.05) is 33.8 Å². The minimum Gasteiger partial charge on any atom is -0.505 e. The molecule has 0 radical (unpaired) electrons. The van der Waals surface area contributed by atoms with Gasteiger partial charge in [-0.3, -0.25) is 4.79 Å². The maximum Gasteiger partial charge on any atom is 0.257 e. The number of rotatable bonds is 7. The van der Waals surface area contributed by atoms with Crippen LogP contribution in [0.15, 0.2) is 28.9 Å². The number of furan rings is 1. The van der Waals surface area contributed by atoms with Crippen LogP contribution in [0.25, 0.3) is 0 Å². The quantitative estimate of drug-likeness (QED) is 0.405. The number of phenols is 1. The summed E-state index contributed by atoms with van der Waals surface area (Å²) in [7, 11) is 3.34. The second-order valence-corrected chi connectivity index (χ2v) is 9.58. The molecule has 0 aliphatic heterocycles. The van der Waals surface area contributed by atoms with Crippen molar-refractivity contribution >= 4 is 35.0 Å². The number of nitrogens with zero attached hydrogens (tertiary/aromatic N) is 3. The second-order valence-electron chi connectivity index (χ2n) is 9.05. The summed E-state index contributed by atoms with van der Waals surface area (Å²) in [6.45, 7) is 10.1. The van der Waals surface area contributed by atoms with Gasteiger partial charge in [0.2, 0.25) is 0 Å². The first-order valence-electron chi connectivity index (χ1n) is 10.5. The third-order valence-electron chi connectivity index (χ3n) is 5.16. The molecule has 0 bridgehead atoms. The Kier molecular flexibility index (Phi) is 6.78. The normalized spacial score (nSPS) is 12.5. The van der Waals surface area contributed by atoms with Gasteiger partial charge in [0.15, 0.2) is 17.4 Å². The predicted molar refractivity (Wildman–Crippen MR) is 128 cm³/mol. The van der Waals surface area contributed by atoms with E-state index in [9.17, 15) is 9.90 Å². The van der Waals surface area contributed by atoms with Gasteiger partial charge in [0.1, 0.15) is 5.76 Å². The summed E-state index contributed by atoms with van der Waals surface area (Å²) in [5.74, 6) is 1.48. The molecule has 2 aromatic heterocycles. The summed E-state index contributed by atoms with van der Waals surface area (Å²) < 4.78 is 14.3. The first kappa shape index (κ1) is 23.6. The van der Waals surface area contributed by atoms with Gasteiger partial charge in [-0.2, -0.15) is 8.75 Å². The maximum absolute atomic E-state index is 12.9. The number of carbonyl (C=O) groups excluding carboxylic acids is 1. The Balaban J connectivity index is 1.94.